The number of hydrogen-bond donors (Lipinski definition) is 0. The molecule has 1 heterocycles. The van der Waals surface area contributed by atoms with Crippen molar-refractivity contribution in [3.63, 3.8) is 0 Å². The van der Waals surface area contributed by atoms with Crippen LogP contribution in [-0.2, 0) is 5.41 Å². The van der Waals surface area contributed by atoms with E-state index < -0.39 is 0 Å². The maximum atomic E-state index is 6.41. The number of aryl methyl sites for hydroxylation is 1. The maximum Gasteiger partial charge on any atom is 0.145 e. The van der Waals surface area contributed by atoms with E-state index in [0.717, 1.165) is 32.9 Å². The third-order valence-corrected chi connectivity index (χ3v) is 3.37. The number of halogens is 1. The average molecular weight is 264 g/mol. The van der Waals surface area contributed by atoms with Gasteiger partial charge >= 0.3 is 0 Å². The molecule has 2 rings (SSSR count). The topological polar surface area (TPSA) is 22.1 Å². The molecule has 0 spiro atoms. The monoisotopic (exact) mass is 263 g/mol. The molecule has 0 saturated heterocycles. The van der Waals surface area contributed by atoms with Gasteiger partial charge in [0.05, 0.1) is 12.1 Å². The van der Waals surface area contributed by atoms with E-state index in [1.807, 2.05) is 25.1 Å². The Balaban J connectivity index is 2.86. The van der Waals surface area contributed by atoms with Crippen molar-refractivity contribution in [2.75, 3.05) is 7.11 Å². The molecular formula is C15H18ClNO. The first-order valence-electron chi connectivity index (χ1n) is 5.99. The molecule has 18 heavy (non-hydrogen) atoms. The molecule has 0 bridgehead atoms. The van der Waals surface area contributed by atoms with Crippen LogP contribution in [0.15, 0.2) is 18.2 Å². The molecule has 0 aliphatic carbocycles. The fraction of sp³-hybridized carbons (Fsp3) is 0.400. The van der Waals surface area contributed by atoms with Gasteiger partial charge in [-0.15, -0.1) is 0 Å². The predicted octanol–water partition coefficient (Wildman–Crippen LogP) is 4.50. The molecule has 0 atom stereocenters. The molecule has 96 valence electrons. The number of fused-ring (bicyclic) bond motifs is 1. The minimum absolute atomic E-state index is 0.0351. The highest BCUT2D eigenvalue weighted by molar-refractivity contribution is 6.35. The minimum atomic E-state index is -0.0351. The van der Waals surface area contributed by atoms with Crippen molar-refractivity contribution < 1.29 is 4.74 Å². The zero-order valence-corrected chi connectivity index (χ0v) is 12.2. The summed E-state index contributed by atoms with van der Waals surface area (Å²) in [4.78, 5) is 4.73. The highest BCUT2D eigenvalue weighted by Crippen LogP contribution is 2.35. The van der Waals surface area contributed by atoms with Crippen LogP contribution in [0, 0.1) is 6.92 Å². The molecule has 2 aromatic rings. The molecule has 0 fully saturated rings. The Kier molecular flexibility index (Phi) is 3.24. The molecule has 0 amide bonds. The number of benzene rings is 1. The molecule has 0 aliphatic heterocycles. The van der Waals surface area contributed by atoms with E-state index in [9.17, 15) is 0 Å². The van der Waals surface area contributed by atoms with Gasteiger partial charge in [-0.1, -0.05) is 38.4 Å². The van der Waals surface area contributed by atoms with Crippen LogP contribution in [0.3, 0.4) is 0 Å². The fourth-order valence-electron chi connectivity index (χ4n) is 1.98. The summed E-state index contributed by atoms with van der Waals surface area (Å²) < 4.78 is 5.38. The van der Waals surface area contributed by atoms with E-state index in [1.165, 1.54) is 0 Å². The number of pyridine rings is 1. The molecule has 1 aromatic heterocycles. The van der Waals surface area contributed by atoms with Crippen LogP contribution in [-0.4, -0.2) is 12.1 Å². The summed E-state index contributed by atoms with van der Waals surface area (Å²) in [5.41, 5.74) is 2.90. The van der Waals surface area contributed by atoms with Crippen LogP contribution in [0.4, 0.5) is 0 Å². The second-order valence-corrected chi connectivity index (χ2v) is 5.95. The number of hydrogen-bond acceptors (Lipinski definition) is 2. The Bertz CT molecular complexity index is 599. The van der Waals surface area contributed by atoms with E-state index in [0.29, 0.717) is 0 Å². The van der Waals surface area contributed by atoms with Crippen molar-refractivity contribution in [1.29, 1.82) is 0 Å². The third-order valence-electron chi connectivity index (χ3n) is 3.07. The van der Waals surface area contributed by atoms with Crippen molar-refractivity contribution in [2.24, 2.45) is 0 Å². The minimum Gasteiger partial charge on any atom is -0.494 e. The molecule has 0 radical (unpaired) electrons. The number of methoxy groups -OCH3 is 1. The van der Waals surface area contributed by atoms with E-state index >= 15 is 0 Å². The Morgan fingerprint density at radius 2 is 1.89 bits per heavy atom. The second-order valence-electron chi connectivity index (χ2n) is 5.55. The molecule has 0 aliphatic rings. The molecule has 0 N–H and O–H groups in total. The first-order valence-corrected chi connectivity index (χ1v) is 6.36. The maximum absolute atomic E-state index is 6.41. The number of ether oxygens (including phenoxy) is 1. The summed E-state index contributed by atoms with van der Waals surface area (Å²) in [6, 6.07) is 5.90. The molecule has 1 aromatic carbocycles. The lowest BCUT2D eigenvalue weighted by Gasteiger charge is -2.20. The Morgan fingerprint density at radius 1 is 1.22 bits per heavy atom. The molecule has 3 heteroatoms. The SMILES string of the molecule is COc1ccc(C)c2c(Cl)cc(C(C)(C)C)nc12. The Morgan fingerprint density at radius 3 is 2.44 bits per heavy atom. The van der Waals surface area contributed by atoms with E-state index in [-0.39, 0.29) is 5.41 Å². The van der Waals surface area contributed by atoms with Gasteiger partial charge in [0.25, 0.3) is 0 Å². The highest BCUT2D eigenvalue weighted by Gasteiger charge is 2.19. The Hall–Kier alpha value is -1.28. The summed E-state index contributed by atoms with van der Waals surface area (Å²) >= 11 is 6.41. The van der Waals surface area contributed by atoms with E-state index in [1.54, 1.807) is 7.11 Å². The lowest BCUT2D eigenvalue weighted by molar-refractivity contribution is 0.418. The van der Waals surface area contributed by atoms with Crippen molar-refractivity contribution in [1.82, 2.24) is 4.98 Å². The molecule has 2 nitrogen and oxygen atoms in total. The van der Waals surface area contributed by atoms with Crippen LogP contribution in [0.2, 0.25) is 5.02 Å². The standard InChI is InChI=1S/C15H18ClNO/c1-9-6-7-11(18-5)14-13(9)10(16)8-12(17-14)15(2,3)4/h6-8H,1-5H3. The quantitative estimate of drug-likeness (QED) is 0.756. The van der Waals surface area contributed by atoms with Crippen LogP contribution in [0.5, 0.6) is 5.75 Å². The van der Waals surface area contributed by atoms with Crippen LogP contribution in [0.25, 0.3) is 10.9 Å². The average Bonchev–Trinajstić information content (AvgIpc) is 2.27. The van der Waals surface area contributed by atoms with Gasteiger partial charge in [-0.05, 0) is 24.6 Å². The van der Waals surface area contributed by atoms with Crippen molar-refractivity contribution in [3.8, 4) is 5.75 Å². The van der Waals surface area contributed by atoms with Gasteiger partial charge in [-0.3, -0.25) is 0 Å². The fourth-order valence-corrected chi connectivity index (χ4v) is 2.32. The predicted molar refractivity (Wildman–Crippen MR) is 76.7 cm³/mol. The molecule has 0 unspecified atom stereocenters. The van der Waals surface area contributed by atoms with Crippen molar-refractivity contribution in [3.05, 3.63) is 34.5 Å². The lowest BCUT2D eigenvalue weighted by atomic mass is 9.91. The summed E-state index contributed by atoms with van der Waals surface area (Å²) in [7, 11) is 1.66. The van der Waals surface area contributed by atoms with Gasteiger partial charge in [0.1, 0.15) is 11.3 Å². The molecular weight excluding hydrogens is 246 g/mol. The van der Waals surface area contributed by atoms with Crippen molar-refractivity contribution >= 4 is 22.5 Å². The number of aromatic nitrogens is 1. The summed E-state index contributed by atoms with van der Waals surface area (Å²) in [5.74, 6) is 0.767. The van der Waals surface area contributed by atoms with E-state index in [4.69, 9.17) is 21.3 Å². The summed E-state index contributed by atoms with van der Waals surface area (Å²) in [5, 5.41) is 1.71. The lowest BCUT2D eigenvalue weighted by Crippen LogP contribution is -2.13. The van der Waals surface area contributed by atoms with Crippen LogP contribution >= 0.6 is 11.6 Å². The van der Waals surface area contributed by atoms with Crippen molar-refractivity contribution in [2.45, 2.75) is 33.1 Å². The first kappa shape index (κ1) is 13.2. The van der Waals surface area contributed by atoms with Gasteiger partial charge in [0, 0.05) is 16.5 Å². The summed E-state index contributed by atoms with van der Waals surface area (Å²) in [6.07, 6.45) is 0. The summed E-state index contributed by atoms with van der Waals surface area (Å²) in [6.45, 7) is 8.41. The second kappa shape index (κ2) is 4.43. The normalized spacial score (nSPS) is 11.9. The van der Waals surface area contributed by atoms with Gasteiger partial charge in [-0.2, -0.15) is 0 Å². The van der Waals surface area contributed by atoms with E-state index in [2.05, 4.69) is 20.8 Å². The van der Waals surface area contributed by atoms with Gasteiger partial charge in [0.15, 0.2) is 0 Å². The first-order chi connectivity index (χ1) is 8.34. The van der Waals surface area contributed by atoms with Crippen LogP contribution < -0.4 is 4.74 Å². The number of nitrogens with zero attached hydrogens (tertiary/aromatic N) is 1. The van der Waals surface area contributed by atoms with Gasteiger partial charge in [0.2, 0.25) is 0 Å². The molecule has 0 saturated carbocycles. The zero-order chi connectivity index (χ0) is 13.5. The highest BCUT2D eigenvalue weighted by atomic mass is 35.5. The van der Waals surface area contributed by atoms with Gasteiger partial charge < -0.3 is 4.74 Å². The smallest absolute Gasteiger partial charge is 0.145 e. The number of rotatable bonds is 1. The largest absolute Gasteiger partial charge is 0.494 e. The third kappa shape index (κ3) is 2.17. The van der Waals surface area contributed by atoms with Crippen LogP contribution in [0.1, 0.15) is 32.0 Å². The Labute approximate surface area is 113 Å². The zero-order valence-electron chi connectivity index (χ0n) is 11.5. The van der Waals surface area contributed by atoms with Gasteiger partial charge in [-0.25, -0.2) is 4.98 Å².